The first kappa shape index (κ1) is 16.9. The van der Waals surface area contributed by atoms with Crippen LogP contribution in [0.1, 0.15) is 12.8 Å². The Morgan fingerprint density at radius 3 is 1.28 bits per heavy atom. The number of carbonyl (C=O) groups excluding carboxylic acids is 2. The summed E-state index contributed by atoms with van der Waals surface area (Å²) in [5.74, 6) is -0.109. The van der Waals surface area contributed by atoms with Crippen LogP contribution in [-0.2, 0) is 19.1 Å². The van der Waals surface area contributed by atoms with Crippen molar-refractivity contribution in [3.63, 3.8) is 0 Å². The molecule has 0 aliphatic heterocycles. The number of amides is 2. The van der Waals surface area contributed by atoms with Crippen molar-refractivity contribution in [2.75, 3.05) is 42.4 Å². The van der Waals surface area contributed by atoms with Gasteiger partial charge in [-0.05, 0) is 0 Å². The third-order valence-electron chi connectivity index (χ3n) is 2.77. The molecule has 0 aliphatic carbocycles. The van der Waals surface area contributed by atoms with Gasteiger partial charge in [0, 0.05) is 42.4 Å². The minimum absolute atomic E-state index is 0.0544. The Labute approximate surface area is 109 Å². The Kier molecular flexibility index (Phi) is 7.54. The van der Waals surface area contributed by atoms with Gasteiger partial charge in [0.2, 0.25) is 11.8 Å². The van der Waals surface area contributed by atoms with Gasteiger partial charge in [0.1, 0.15) is 0 Å². The summed E-state index contributed by atoms with van der Waals surface area (Å²) in [5, 5.41) is 0. The van der Waals surface area contributed by atoms with Gasteiger partial charge in [-0.3, -0.25) is 9.59 Å². The van der Waals surface area contributed by atoms with Crippen LogP contribution in [0.25, 0.3) is 0 Å². The molecule has 0 aromatic rings. The molecule has 0 aliphatic rings. The van der Waals surface area contributed by atoms with Gasteiger partial charge in [0.15, 0.2) is 0 Å². The van der Waals surface area contributed by atoms with E-state index in [4.69, 9.17) is 9.47 Å². The standard InChI is InChI=1S/C12H24N2O4/c1-13(2)11(15)7-9(17-5)10(18-6)8-12(16)14(3)4/h9-10H,7-8H2,1-6H3. The summed E-state index contributed by atoms with van der Waals surface area (Å²) in [6, 6.07) is 0. The van der Waals surface area contributed by atoms with Gasteiger partial charge < -0.3 is 19.3 Å². The van der Waals surface area contributed by atoms with Crippen molar-refractivity contribution >= 4 is 11.8 Å². The summed E-state index contributed by atoms with van der Waals surface area (Å²) in [7, 11) is 9.76. The normalized spacial score (nSPS) is 13.9. The smallest absolute Gasteiger partial charge is 0.224 e. The fourth-order valence-electron chi connectivity index (χ4n) is 1.44. The fraction of sp³-hybridized carbons (Fsp3) is 0.833. The second-order valence-corrected chi connectivity index (χ2v) is 4.53. The van der Waals surface area contributed by atoms with Crippen molar-refractivity contribution in [2.45, 2.75) is 25.0 Å². The van der Waals surface area contributed by atoms with E-state index in [1.807, 2.05) is 0 Å². The fourth-order valence-corrected chi connectivity index (χ4v) is 1.44. The van der Waals surface area contributed by atoms with E-state index in [9.17, 15) is 9.59 Å². The van der Waals surface area contributed by atoms with Crippen LogP contribution in [0.4, 0.5) is 0 Å². The lowest BCUT2D eigenvalue weighted by atomic mass is 10.1. The Morgan fingerprint density at radius 2 is 1.11 bits per heavy atom. The van der Waals surface area contributed by atoms with Gasteiger partial charge in [0.05, 0.1) is 25.0 Å². The van der Waals surface area contributed by atoms with Crippen LogP contribution in [0.5, 0.6) is 0 Å². The van der Waals surface area contributed by atoms with Crippen LogP contribution >= 0.6 is 0 Å². The van der Waals surface area contributed by atoms with E-state index in [0.29, 0.717) is 0 Å². The van der Waals surface area contributed by atoms with E-state index in [2.05, 4.69) is 0 Å². The van der Waals surface area contributed by atoms with E-state index in [0.717, 1.165) is 0 Å². The first-order chi connectivity index (χ1) is 8.33. The SMILES string of the molecule is COC(CC(=O)N(C)C)C(CC(=O)N(C)C)OC. The molecule has 0 aromatic heterocycles. The van der Waals surface area contributed by atoms with Crippen LogP contribution in [0, 0.1) is 0 Å². The number of rotatable bonds is 7. The molecule has 0 spiro atoms. The molecule has 18 heavy (non-hydrogen) atoms. The van der Waals surface area contributed by atoms with Crippen molar-refractivity contribution in [3.05, 3.63) is 0 Å². The van der Waals surface area contributed by atoms with Gasteiger partial charge in [-0.2, -0.15) is 0 Å². The monoisotopic (exact) mass is 260 g/mol. The van der Waals surface area contributed by atoms with Crippen LogP contribution in [-0.4, -0.2) is 76.2 Å². The Hall–Kier alpha value is -1.14. The van der Waals surface area contributed by atoms with Crippen molar-refractivity contribution < 1.29 is 19.1 Å². The largest absolute Gasteiger partial charge is 0.378 e. The van der Waals surface area contributed by atoms with E-state index >= 15 is 0 Å². The number of ether oxygens (including phenoxy) is 2. The van der Waals surface area contributed by atoms with Crippen molar-refractivity contribution in [1.29, 1.82) is 0 Å². The zero-order valence-corrected chi connectivity index (χ0v) is 12.1. The molecule has 0 fully saturated rings. The topological polar surface area (TPSA) is 59.1 Å². The second kappa shape index (κ2) is 8.05. The summed E-state index contributed by atoms with van der Waals surface area (Å²) in [6.07, 6.45) is -0.451. The first-order valence-electron chi connectivity index (χ1n) is 5.79. The van der Waals surface area contributed by atoms with Gasteiger partial charge in [-0.1, -0.05) is 0 Å². The minimum atomic E-state index is -0.422. The van der Waals surface area contributed by atoms with Gasteiger partial charge in [-0.25, -0.2) is 0 Å². The highest BCUT2D eigenvalue weighted by atomic mass is 16.5. The molecule has 2 amide bonds. The maximum Gasteiger partial charge on any atom is 0.224 e. The quantitative estimate of drug-likeness (QED) is 0.645. The van der Waals surface area contributed by atoms with Crippen LogP contribution in [0.2, 0.25) is 0 Å². The third kappa shape index (κ3) is 5.46. The summed E-state index contributed by atoms with van der Waals surface area (Å²) < 4.78 is 10.5. The lowest BCUT2D eigenvalue weighted by Gasteiger charge is -2.26. The zero-order chi connectivity index (χ0) is 14.3. The van der Waals surface area contributed by atoms with Gasteiger partial charge >= 0.3 is 0 Å². The molecule has 0 aromatic carbocycles. The van der Waals surface area contributed by atoms with Crippen LogP contribution in [0.15, 0.2) is 0 Å². The Balaban J connectivity index is 4.57. The minimum Gasteiger partial charge on any atom is -0.378 e. The molecule has 2 atom stereocenters. The van der Waals surface area contributed by atoms with Gasteiger partial charge in [0.25, 0.3) is 0 Å². The maximum atomic E-state index is 11.6. The number of methoxy groups -OCH3 is 2. The molecule has 0 rings (SSSR count). The summed E-state index contributed by atoms with van der Waals surface area (Å²) >= 11 is 0. The number of carbonyl (C=O) groups is 2. The van der Waals surface area contributed by atoms with Crippen molar-refractivity contribution in [2.24, 2.45) is 0 Å². The molecule has 0 radical (unpaired) electrons. The molecule has 6 heteroatoms. The average Bonchev–Trinajstić information content (AvgIpc) is 2.32. The molecule has 2 unspecified atom stereocenters. The summed E-state index contributed by atoms with van der Waals surface area (Å²) in [5.41, 5.74) is 0. The molecule has 0 heterocycles. The Bertz CT molecular complexity index is 251. The van der Waals surface area contributed by atoms with Crippen molar-refractivity contribution in [3.8, 4) is 0 Å². The lowest BCUT2D eigenvalue weighted by Crippen LogP contribution is -2.39. The molecule has 0 saturated carbocycles. The highest BCUT2D eigenvalue weighted by Crippen LogP contribution is 2.13. The number of hydrogen-bond acceptors (Lipinski definition) is 4. The molecule has 6 nitrogen and oxygen atoms in total. The summed E-state index contributed by atoms with van der Waals surface area (Å²) in [4.78, 5) is 26.3. The molecular formula is C12H24N2O4. The van der Waals surface area contributed by atoms with E-state index < -0.39 is 12.2 Å². The number of hydrogen-bond donors (Lipinski definition) is 0. The predicted octanol–water partition coefficient (Wildman–Crippen LogP) is -0.0270. The van der Waals surface area contributed by atoms with Crippen LogP contribution < -0.4 is 0 Å². The summed E-state index contributed by atoms with van der Waals surface area (Å²) in [6.45, 7) is 0. The lowest BCUT2D eigenvalue weighted by molar-refractivity contribution is -0.140. The molecule has 106 valence electrons. The molecule has 0 saturated heterocycles. The average molecular weight is 260 g/mol. The van der Waals surface area contributed by atoms with Gasteiger partial charge in [-0.15, -0.1) is 0 Å². The number of nitrogens with zero attached hydrogens (tertiary/aromatic N) is 2. The van der Waals surface area contributed by atoms with Crippen molar-refractivity contribution in [1.82, 2.24) is 9.80 Å². The third-order valence-corrected chi connectivity index (χ3v) is 2.77. The predicted molar refractivity (Wildman–Crippen MR) is 68.2 cm³/mol. The first-order valence-corrected chi connectivity index (χ1v) is 5.79. The molecular weight excluding hydrogens is 236 g/mol. The van der Waals surface area contributed by atoms with Crippen LogP contribution in [0.3, 0.4) is 0 Å². The van der Waals surface area contributed by atoms with E-state index in [-0.39, 0.29) is 24.7 Å². The highest BCUT2D eigenvalue weighted by molar-refractivity contribution is 5.77. The highest BCUT2D eigenvalue weighted by Gasteiger charge is 2.27. The maximum absolute atomic E-state index is 11.6. The van der Waals surface area contributed by atoms with E-state index in [1.165, 1.54) is 24.0 Å². The zero-order valence-electron chi connectivity index (χ0n) is 12.1. The molecule has 0 bridgehead atoms. The molecule has 0 N–H and O–H groups in total. The second-order valence-electron chi connectivity index (χ2n) is 4.53. The Morgan fingerprint density at radius 1 is 0.833 bits per heavy atom. The van der Waals surface area contributed by atoms with E-state index in [1.54, 1.807) is 28.2 Å².